The second kappa shape index (κ2) is 5.41. The molecular weight excluding hydrogens is 220 g/mol. The molecule has 0 amide bonds. The SMILES string of the molecule is CC(CNC1CC1)N1CCCc2ccccc2C1. The average molecular weight is 244 g/mol. The van der Waals surface area contributed by atoms with Gasteiger partial charge >= 0.3 is 0 Å². The summed E-state index contributed by atoms with van der Waals surface area (Å²) in [5, 5.41) is 3.66. The first-order chi connectivity index (χ1) is 8.83. The van der Waals surface area contributed by atoms with Gasteiger partial charge in [0.25, 0.3) is 0 Å². The fraction of sp³-hybridized carbons (Fsp3) is 0.625. The van der Waals surface area contributed by atoms with Gasteiger partial charge in [-0.2, -0.15) is 0 Å². The van der Waals surface area contributed by atoms with Gasteiger partial charge in [-0.3, -0.25) is 4.90 Å². The Bertz CT molecular complexity index is 398. The zero-order valence-electron chi connectivity index (χ0n) is 11.4. The zero-order valence-corrected chi connectivity index (χ0v) is 11.4. The van der Waals surface area contributed by atoms with Crippen LogP contribution in [0.15, 0.2) is 24.3 Å². The molecule has 0 radical (unpaired) electrons. The summed E-state index contributed by atoms with van der Waals surface area (Å²) in [5.74, 6) is 0. The molecule has 0 bridgehead atoms. The van der Waals surface area contributed by atoms with Gasteiger partial charge < -0.3 is 5.32 Å². The van der Waals surface area contributed by atoms with Crippen LogP contribution in [0.3, 0.4) is 0 Å². The van der Waals surface area contributed by atoms with Crippen molar-refractivity contribution in [2.75, 3.05) is 13.1 Å². The third kappa shape index (κ3) is 2.93. The fourth-order valence-corrected chi connectivity index (χ4v) is 2.86. The molecule has 1 fully saturated rings. The number of benzene rings is 1. The molecule has 18 heavy (non-hydrogen) atoms. The summed E-state index contributed by atoms with van der Waals surface area (Å²) in [4.78, 5) is 2.64. The van der Waals surface area contributed by atoms with Crippen LogP contribution in [0.2, 0.25) is 0 Å². The number of hydrogen-bond donors (Lipinski definition) is 1. The first-order valence-corrected chi connectivity index (χ1v) is 7.37. The van der Waals surface area contributed by atoms with Gasteiger partial charge in [0, 0.05) is 25.2 Å². The highest BCUT2D eigenvalue weighted by Crippen LogP contribution is 2.21. The Balaban J connectivity index is 1.62. The number of rotatable bonds is 4. The van der Waals surface area contributed by atoms with Crippen molar-refractivity contribution < 1.29 is 0 Å². The number of hydrogen-bond acceptors (Lipinski definition) is 2. The molecule has 1 saturated carbocycles. The maximum atomic E-state index is 3.66. The molecule has 0 saturated heterocycles. The molecule has 0 spiro atoms. The highest BCUT2D eigenvalue weighted by atomic mass is 15.2. The van der Waals surface area contributed by atoms with Gasteiger partial charge in [0.2, 0.25) is 0 Å². The number of aryl methyl sites for hydroxylation is 1. The maximum Gasteiger partial charge on any atom is 0.0239 e. The van der Waals surface area contributed by atoms with Crippen molar-refractivity contribution in [2.24, 2.45) is 0 Å². The minimum Gasteiger partial charge on any atom is -0.312 e. The van der Waals surface area contributed by atoms with Gasteiger partial charge in [-0.25, -0.2) is 0 Å². The number of nitrogens with one attached hydrogen (secondary N) is 1. The molecule has 1 unspecified atom stereocenters. The van der Waals surface area contributed by atoms with Crippen LogP contribution in [0.1, 0.15) is 37.3 Å². The summed E-state index contributed by atoms with van der Waals surface area (Å²) < 4.78 is 0. The second-order valence-corrected chi connectivity index (χ2v) is 5.87. The molecule has 2 heteroatoms. The Morgan fingerprint density at radius 2 is 2.06 bits per heavy atom. The molecule has 1 aliphatic carbocycles. The standard InChI is InChI=1S/C16H24N2/c1-13(11-17-16-8-9-16)18-10-4-7-14-5-2-3-6-15(14)12-18/h2-3,5-6,13,16-17H,4,7-12H2,1H3. The quantitative estimate of drug-likeness (QED) is 0.876. The molecule has 1 aromatic rings. The molecule has 1 N–H and O–H groups in total. The Labute approximate surface area is 110 Å². The Morgan fingerprint density at radius 1 is 1.28 bits per heavy atom. The lowest BCUT2D eigenvalue weighted by Gasteiger charge is -2.28. The van der Waals surface area contributed by atoms with Crippen LogP contribution in [0.5, 0.6) is 0 Å². The van der Waals surface area contributed by atoms with Crippen LogP contribution in [0.4, 0.5) is 0 Å². The van der Waals surface area contributed by atoms with E-state index in [1.54, 1.807) is 5.56 Å². The van der Waals surface area contributed by atoms with Crippen LogP contribution >= 0.6 is 0 Å². The highest BCUT2D eigenvalue weighted by molar-refractivity contribution is 5.28. The third-order valence-electron chi connectivity index (χ3n) is 4.29. The predicted octanol–water partition coefficient (Wildman–Crippen LogP) is 2.58. The molecule has 1 atom stereocenters. The smallest absolute Gasteiger partial charge is 0.0239 e. The minimum atomic E-state index is 0.650. The number of nitrogens with zero attached hydrogens (tertiary/aromatic N) is 1. The topological polar surface area (TPSA) is 15.3 Å². The van der Waals surface area contributed by atoms with Crippen LogP contribution in [0.25, 0.3) is 0 Å². The molecular formula is C16H24N2. The van der Waals surface area contributed by atoms with E-state index in [9.17, 15) is 0 Å². The third-order valence-corrected chi connectivity index (χ3v) is 4.29. The number of fused-ring (bicyclic) bond motifs is 1. The fourth-order valence-electron chi connectivity index (χ4n) is 2.86. The molecule has 0 aromatic heterocycles. The van der Waals surface area contributed by atoms with Crippen molar-refractivity contribution in [3.8, 4) is 0 Å². The summed E-state index contributed by atoms with van der Waals surface area (Å²) in [6.07, 6.45) is 5.31. The van der Waals surface area contributed by atoms with Gasteiger partial charge in [-0.05, 0) is 50.3 Å². The lowest BCUT2D eigenvalue weighted by molar-refractivity contribution is 0.198. The first kappa shape index (κ1) is 12.2. The van der Waals surface area contributed by atoms with E-state index in [0.29, 0.717) is 6.04 Å². The van der Waals surface area contributed by atoms with E-state index in [1.165, 1.54) is 37.8 Å². The van der Waals surface area contributed by atoms with Crippen LogP contribution in [-0.2, 0) is 13.0 Å². The summed E-state index contributed by atoms with van der Waals surface area (Å²) in [6.45, 7) is 5.88. The van der Waals surface area contributed by atoms with Gasteiger partial charge in [0.15, 0.2) is 0 Å². The molecule has 2 aliphatic rings. The van der Waals surface area contributed by atoms with Crippen molar-refractivity contribution in [2.45, 2.75) is 51.2 Å². The van der Waals surface area contributed by atoms with Gasteiger partial charge in [-0.1, -0.05) is 24.3 Å². The van der Waals surface area contributed by atoms with E-state index in [-0.39, 0.29) is 0 Å². The van der Waals surface area contributed by atoms with Crippen molar-refractivity contribution in [1.29, 1.82) is 0 Å². The van der Waals surface area contributed by atoms with Crippen molar-refractivity contribution in [3.05, 3.63) is 35.4 Å². The molecule has 3 rings (SSSR count). The van der Waals surface area contributed by atoms with Crippen LogP contribution < -0.4 is 5.32 Å². The lowest BCUT2D eigenvalue weighted by Crippen LogP contribution is -2.40. The van der Waals surface area contributed by atoms with Crippen molar-refractivity contribution in [1.82, 2.24) is 10.2 Å². The molecule has 1 aromatic carbocycles. The normalized spacial score (nSPS) is 22.3. The van der Waals surface area contributed by atoms with E-state index in [4.69, 9.17) is 0 Å². The monoisotopic (exact) mass is 244 g/mol. The molecule has 2 nitrogen and oxygen atoms in total. The maximum absolute atomic E-state index is 3.66. The van der Waals surface area contributed by atoms with Crippen molar-refractivity contribution in [3.63, 3.8) is 0 Å². The van der Waals surface area contributed by atoms with E-state index in [1.807, 2.05) is 0 Å². The largest absolute Gasteiger partial charge is 0.312 e. The Morgan fingerprint density at radius 3 is 2.83 bits per heavy atom. The summed E-state index contributed by atoms with van der Waals surface area (Å²) in [7, 11) is 0. The molecule has 98 valence electrons. The molecule has 1 heterocycles. The Kier molecular flexibility index (Phi) is 3.67. The van der Waals surface area contributed by atoms with E-state index < -0.39 is 0 Å². The summed E-state index contributed by atoms with van der Waals surface area (Å²) in [6, 6.07) is 10.4. The van der Waals surface area contributed by atoms with E-state index >= 15 is 0 Å². The lowest BCUT2D eigenvalue weighted by atomic mass is 10.0. The van der Waals surface area contributed by atoms with Gasteiger partial charge in [0.05, 0.1) is 0 Å². The van der Waals surface area contributed by atoms with Gasteiger partial charge in [-0.15, -0.1) is 0 Å². The average Bonchev–Trinajstić information content (AvgIpc) is 3.21. The van der Waals surface area contributed by atoms with Crippen LogP contribution in [-0.4, -0.2) is 30.1 Å². The van der Waals surface area contributed by atoms with E-state index in [2.05, 4.69) is 41.4 Å². The van der Waals surface area contributed by atoms with Crippen molar-refractivity contribution >= 4 is 0 Å². The summed E-state index contributed by atoms with van der Waals surface area (Å²) >= 11 is 0. The van der Waals surface area contributed by atoms with Crippen LogP contribution in [0, 0.1) is 0 Å². The minimum absolute atomic E-state index is 0.650. The highest BCUT2D eigenvalue weighted by Gasteiger charge is 2.23. The van der Waals surface area contributed by atoms with Gasteiger partial charge in [0.1, 0.15) is 0 Å². The second-order valence-electron chi connectivity index (χ2n) is 5.87. The first-order valence-electron chi connectivity index (χ1n) is 7.37. The molecule has 1 aliphatic heterocycles. The predicted molar refractivity (Wildman–Crippen MR) is 75.7 cm³/mol. The zero-order chi connectivity index (χ0) is 12.4. The summed E-state index contributed by atoms with van der Waals surface area (Å²) in [5.41, 5.74) is 3.09. The Hall–Kier alpha value is -0.860. The van der Waals surface area contributed by atoms with E-state index in [0.717, 1.165) is 19.1 Å².